The van der Waals surface area contributed by atoms with Crippen molar-refractivity contribution in [2.75, 3.05) is 14.2 Å². The SMILES string of the molecule is COc1ccc(O)c(C2=NN3[C@@H](C2)c2cccc(OC)c2O[C@H]3c2ccccc2)c1. The smallest absolute Gasteiger partial charge is 0.214 e. The lowest BCUT2D eigenvalue weighted by atomic mass is 9.95. The molecule has 6 nitrogen and oxygen atoms in total. The lowest BCUT2D eigenvalue weighted by molar-refractivity contribution is -0.0209. The molecule has 0 unspecified atom stereocenters. The van der Waals surface area contributed by atoms with Crippen molar-refractivity contribution in [2.45, 2.75) is 18.7 Å². The van der Waals surface area contributed by atoms with Gasteiger partial charge in [-0.15, -0.1) is 0 Å². The van der Waals surface area contributed by atoms with Gasteiger partial charge in [0.25, 0.3) is 0 Å². The molecule has 5 rings (SSSR count). The summed E-state index contributed by atoms with van der Waals surface area (Å²) in [5.41, 5.74) is 3.47. The van der Waals surface area contributed by atoms with Crippen LogP contribution >= 0.6 is 0 Å². The number of methoxy groups -OCH3 is 2. The van der Waals surface area contributed by atoms with E-state index >= 15 is 0 Å². The van der Waals surface area contributed by atoms with Gasteiger partial charge in [-0.25, -0.2) is 5.01 Å². The highest BCUT2D eigenvalue weighted by Gasteiger charge is 2.42. The molecule has 2 aliphatic rings. The van der Waals surface area contributed by atoms with Crippen molar-refractivity contribution >= 4 is 5.71 Å². The van der Waals surface area contributed by atoms with Crippen LogP contribution < -0.4 is 14.2 Å². The number of benzene rings is 3. The Bertz CT molecular complexity index is 1110. The van der Waals surface area contributed by atoms with E-state index in [1.165, 1.54) is 0 Å². The Morgan fingerprint density at radius 1 is 1.00 bits per heavy atom. The number of fused-ring (bicyclic) bond motifs is 3. The fourth-order valence-electron chi connectivity index (χ4n) is 4.12. The third-order valence-electron chi connectivity index (χ3n) is 5.60. The Labute approximate surface area is 174 Å². The number of rotatable bonds is 4. The average molecular weight is 402 g/mol. The first kappa shape index (κ1) is 18.4. The molecule has 2 aliphatic heterocycles. The molecule has 0 saturated carbocycles. The highest BCUT2D eigenvalue weighted by molar-refractivity contribution is 6.04. The maximum atomic E-state index is 10.5. The Kier molecular flexibility index (Phi) is 4.47. The van der Waals surface area contributed by atoms with Crippen molar-refractivity contribution in [3.05, 3.63) is 83.4 Å². The number of para-hydroxylation sites is 1. The van der Waals surface area contributed by atoms with Gasteiger partial charge in [0.2, 0.25) is 6.23 Å². The van der Waals surface area contributed by atoms with Gasteiger partial charge in [0.1, 0.15) is 11.5 Å². The van der Waals surface area contributed by atoms with Crippen LogP contribution in [0.1, 0.15) is 35.4 Å². The minimum absolute atomic E-state index is 0.0327. The van der Waals surface area contributed by atoms with Crippen molar-refractivity contribution in [2.24, 2.45) is 5.10 Å². The normalized spacial score (nSPS) is 19.4. The summed E-state index contributed by atoms with van der Waals surface area (Å²) in [5.74, 6) is 2.29. The van der Waals surface area contributed by atoms with E-state index in [4.69, 9.17) is 19.3 Å². The van der Waals surface area contributed by atoms with Crippen LogP contribution in [-0.2, 0) is 0 Å². The molecule has 152 valence electrons. The number of phenols is 1. The second kappa shape index (κ2) is 7.30. The second-order valence-corrected chi connectivity index (χ2v) is 7.29. The maximum absolute atomic E-state index is 10.5. The maximum Gasteiger partial charge on any atom is 0.214 e. The summed E-state index contributed by atoms with van der Waals surface area (Å²) in [6.45, 7) is 0. The van der Waals surface area contributed by atoms with E-state index in [1.807, 2.05) is 59.6 Å². The van der Waals surface area contributed by atoms with E-state index in [0.29, 0.717) is 23.5 Å². The third kappa shape index (κ3) is 2.92. The van der Waals surface area contributed by atoms with Crippen molar-refractivity contribution in [1.29, 1.82) is 0 Å². The summed E-state index contributed by atoms with van der Waals surface area (Å²) in [5, 5.41) is 17.4. The lowest BCUT2D eigenvalue weighted by Gasteiger charge is -2.38. The third-order valence-corrected chi connectivity index (χ3v) is 5.60. The summed E-state index contributed by atoms with van der Waals surface area (Å²) in [6.07, 6.45) is 0.235. The van der Waals surface area contributed by atoms with Gasteiger partial charge in [-0.1, -0.05) is 42.5 Å². The van der Waals surface area contributed by atoms with Crippen molar-refractivity contribution in [1.82, 2.24) is 5.01 Å². The van der Waals surface area contributed by atoms with Crippen molar-refractivity contribution in [3.8, 4) is 23.0 Å². The first-order valence-corrected chi connectivity index (χ1v) is 9.81. The van der Waals surface area contributed by atoms with Gasteiger partial charge in [0, 0.05) is 23.1 Å². The van der Waals surface area contributed by atoms with E-state index in [9.17, 15) is 5.11 Å². The van der Waals surface area contributed by atoms with Crippen molar-refractivity contribution < 1.29 is 19.3 Å². The molecule has 0 fully saturated rings. The van der Waals surface area contributed by atoms with Gasteiger partial charge < -0.3 is 19.3 Å². The molecule has 3 aromatic carbocycles. The molecule has 0 saturated heterocycles. The largest absolute Gasteiger partial charge is 0.507 e. The highest BCUT2D eigenvalue weighted by atomic mass is 16.5. The Hall–Kier alpha value is -3.67. The van der Waals surface area contributed by atoms with Crippen molar-refractivity contribution in [3.63, 3.8) is 0 Å². The molecule has 2 atom stereocenters. The van der Waals surface area contributed by atoms with Gasteiger partial charge in [-0.05, 0) is 24.3 Å². The fraction of sp³-hybridized carbons (Fsp3) is 0.208. The topological polar surface area (TPSA) is 63.5 Å². The summed E-state index contributed by atoms with van der Waals surface area (Å²) >= 11 is 0. The van der Waals surface area contributed by atoms with Crippen LogP contribution in [0.4, 0.5) is 0 Å². The van der Waals surface area contributed by atoms with E-state index in [-0.39, 0.29) is 11.8 Å². The summed E-state index contributed by atoms with van der Waals surface area (Å²) in [7, 11) is 3.26. The highest BCUT2D eigenvalue weighted by Crippen LogP contribution is 2.51. The summed E-state index contributed by atoms with van der Waals surface area (Å²) in [6, 6.07) is 21.1. The van der Waals surface area contributed by atoms with E-state index < -0.39 is 6.23 Å². The van der Waals surface area contributed by atoms with Crippen LogP contribution in [0.3, 0.4) is 0 Å². The monoisotopic (exact) mass is 402 g/mol. The predicted molar refractivity (Wildman–Crippen MR) is 113 cm³/mol. The Morgan fingerprint density at radius 3 is 2.60 bits per heavy atom. The Morgan fingerprint density at radius 2 is 1.83 bits per heavy atom. The zero-order valence-electron chi connectivity index (χ0n) is 16.8. The molecule has 0 amide bonds. The molecule has 0 aliphatic carbocycles. The molecular formula is C24H22N2O4. The Balaban J connectivity index is 1.63. The molecule has 0 bridgehead atoms. The van der Waals surface area contributed by atoms with E-state index in [2.05, 4.69) is 0 Å². The minimum Gasteiger partial charge on any atom is -0.507 e. The van der Waals surface area contributed by atoms with Gasteiger partial charge in [-0.3, -0.25) is 0 Å². The average Bonchev–Trinajstić information content (AvgIpc) is 3.24. The first-order valence-electron chi connectivity index (χ1n) is 9.81. The molecular weight excluding hydrogens is 380 g/mol. The number of aromatic hydroxyl groups is 1. The quantitative estimate of drug-likeness (QED) is 0.688. The molecule has 3 aromatic rings. The van der Waals surface area contributed by atoms with Crippen LogP contribution in [0.2, 0.25) is 0 Å². The minimum atomic E-state index is -0.398. The van der Waals surface area contributed by atoms with Gasteiger partial charge in [0.05, 0.1) is 26.0 Å². The summed E-state index contributed by atoms with van der Waals surface area (Å²) in [4.78, 5) is 0. The number of phenolic OH excluding ortho intramolecular Hbond substituents is 1. The van der Waals surface area contributed by atoms with Gasteiger partial charge in [0.15, 0.2) is 11.5 Å². The van der Waals surface area contributed by atoms with Crippen LogP contribution in [0.25, 0.3) is 0 Å². The predicted octanol–water partition coefficient (Wildman–Crippen LogP) is 4.65. The number of hydrogen-bond acceptors (Lipinski definition) is 6. The zero-order valence-corrected chi connectivity index (χ0v) is 16.8. The van der Waals surface area contributed by atoms with Crippen LogP contribution in [0.15, 0.2) is 71.8 Å². The van der Waals surface area contributed by atoms with E-state index in [0.717, 1.165) is 22.6 Å². The van der Waals surface area contributed by atoms with Crippen LogP contribution in [0, 0.1) is 0 Å². The van der Waals surface area contributed by atoms with Gasteiger partial charge in [-0.2, -0.15) is 5.10 Å². The standard InChI is InChI=1S/C24H22N2O4/c1-28-16-11-12-21(27)18(13-16)19-14-20-17-9-6-10-22(29-2)23(17)30-24(26(20)25-19)15-7-4-3-5-8-15/h3-13,20,24,27H,14H2,1-2H3/t20-,24-/m0/s1. The molecule has 0 radical (unpaired) electrons. The molecule has 0 aromatic heterocycles. The number of hydrazone groups is 1. The molecule has 6 heteroatoms. The molecule has 30 heavy (non-hydrogen) atoms. The van der Waals surface area contributed by atoms with Gasteiger partial charge >= 0.3 is 0 Å². The van der Waals surface area contributed by atoms with Crippen LogP contribution in [0.5, 0.6) is 23.0 Å². The first-order chi connectivity index (χ1) is 14.7. The molecule has 2 heterocycles. The zero-order chi connectivity index (χ0) is 20.7. The number of nitrogens with zero attached hydrogens (tertiary/aromatic N) is 2. The molecule has 0 spiro atoms. The number of hydrogen-bond donors (Lipinski definition) is 1. The van der Waals surface area contributed by atoms with Crippen LogP contribution in [-0.4, -0.2) is 30.0 Å². The summed E-state index contributed by atoms with van der Waals surface area (Å²) < 4.78 is 17.3. The van der Waals surface area contributed by atoms with E-state index in [1.54, 1.807) is 26.4 Å². The lowest BCUT2D eigenvalue weighted by Crippen LogP contribution is -2.33. The fourth-order valence-corrected chi connectivity index (χ4v) is 4.12. The number of ether oxygens (including phenoxy) is 3. The molecule has 1 N–H and O–H groups in total. The second-order valence-electron chi connectivity index (χ2n) is 7.29.